The van der Waals surface area contributed by atoms with Crippen LogP contribution in [0.25, 0.3) is 0 Å². The van der Waals surface area contributed by atoms with E-state index < -0.39 is 0 Å². The van der Waals surface area contributed by atoms with Crippen LogP contribution in [0.5, 0.6) is 0 Å². The van der Waals surface area contributed by atoms with Gasteiger partial charge < -0.3 is 10.2 Å². The van der Waals surface area contributed by atoms with E-state index in [0.717, 1.165) is 11.4 Å². The molecule has 5 nitrogen and oxygen atoms in total. The van der Waals surface area contributed by atoms with Crippen molar-refractivity contribution in [1.29, 1.82) is 5.26 Å². The Labute approximate surface area is 123 Å². The Kier molecular flexibility index (Phi) is 4.52. The van der Waals surface area contributed by atoms with Crippen LogP contribution >= 0.6 is 0 Å². The van der Waals surface area contributed by atoms with E-state index >= 15 is 0 Å². The van der Waals surface area contributed by atoms with Gasteiger partial charge in [0.1, 0.15) is 5.82 Å². The van der Waals surface area contributed by atoms with Gasteiger partial charge in [-0.1, -0.05) is 12.1 Å². The fourth-order valence-electron chi connectivity index (χ4n) is 1.98. The van der Waals surface area contributed by atoms with Crippen LogP contribution < -0.4 is 10.2 Å². The minimum absolute atomic E-state index is 0.208. The minimum Gasteiger partial charge on any atom is -0.362 e. The van der Waals surface area contributed by atoms with E-state index in [0.29, 0.717) is 17.7 Å². The molecule has 0 bridgehead atoms. The van der Waals surface area contributed by atoms with Crippen molar-refractivity contribution in [3.05, 3.63) is 59.3 Å². The molecule has 2 rings (SSSR count). The third kappa shape index (κ3) is 3.57. The molecule has 21 heavy (non-hydrogen) atoms. The van der Waals surface area contributed by atoms with Crippen LogP contribution in [0.2, 0.25) is 0 Å². The Morgan fingerprint density at radius 3 is 2.86 bits per heavy atom. The monoisotopic (exact) mass is 280 g/mol. The molecule has 1 heterocycles. The molecule has 1 N–H and O–H groups in total. The summed E-state index contributed by atoms with van der Waals surface area (Å²) in [6, 6.07) is 12.4. The van der Waals surface area contributed by atoms with E-state index in [1.165, 1.54) is 0 Å². The summed E-state index contributed by atoms with van der Waals surface area (Å²) in [6.45, 7) is 0.386. The van der Waals surface area contributed by atoms with Gasteiger partial charge in [-0.15, -0.1) is 0 Å². The number of carbonyl (C=O) groups is 1. The zero-order valence-corrected chi connectivity index (χ0v) is 12.0. The molecule has 0 fully saturated rings. The van der Waals surface area contributed by atoms with Gasteiger partial charge in [0.15, 0.2) is 0 Å². The van der Waals surface area contributed by atoms with Gasteiger partial charge in [0.25, 0.3) is 5.91 Å². The maximum absolute atomic E-state index is 12.1. The molecule has 0 unspecified atom stereocenters. The lowest BCUT2D eigenvalue weighted by Crippen LogP contribution is -2.24. The highest BCUT2D eigenvalue weighted by molar-refractivity contribution is 5.94. The molecule has 0 aliphatic carbocycles. The molecule has 0 aliphatic heterocycles. The van der Waals surface area contributed by atoms with Crippen molar-refractivity contribution in [2.24, 2.45) is 0 Å². The van der Waals surface area contributed by atoms with Crippen molar-refractivity contribution in [1.82, 2.24) is 10.3 Å². The number of hydrogen-bond donors (Lipinski definition) is 1. The van der Waals surface area contributed by atoms with Gasteiger partial charge in [-0.05, 0) is 24.3 Å². The molecular weight excluding hydrogens is 264 g/mol. The van der Waals surface area contributed by atoms with E-state index in [2.05, 4.69) is 10.3 Å². The number of carbonyl (C=O) groups excluding carboxylic acids is 1. The highest BCUT2D eigenvalue weighted by atomic mass is 16.1. The summed E-state index contributed by atoms with van der Waals surface area (Å²) in [7, 11) is 3.81. The lowest BCUT2D eigenvalue weighted by molar-refractivity contribution is 0.0951. The standard InChI is InChI=1S/C16H16N4O/c1-20(2)15-14(7-4-8-18-15)11-19-16(21)13-6-3-5-12(9-13)10-17/h3-9H,11H2,1-2H3,(H,19,21). The van der Waals surface area contributed by atoms with Gasteiger partial charge in [0.2, 0.25) is 0 Å². The number of pyridine rings is 1. The number of rotatable bonds is 4. The molecule has 0 atom stereocenters. The van der Waals surface area contributed by atoms with Gasteiger partial charge >= 0.3 is 0 Å². The number of amides is 1. The zero-order valence-electron chi connectivity index (χ0n) is 12.0. The molecule has 1 aromatic heterocycles. The zero-order chi connectivity index (χ0) is 15.2. The minimum atomic E-state index is -0.208. The Hall–Kier alpha value is -2.87. The van der Waals surface area contributed by atoms with Gasteiger partial charge in [-0.25, -0.2) is 4.98 Å². The summed E-state index contributed by atoms with van der Waals surface area (Å²) >= 11 is 0. The lowest BCUT2D eigenvalue weighted by atomic mass is 10.1. The van der Waals surface area contributed by atoms with Crippen LogP contribution in [0.1, 0.15) is 21.5 Å². The first kappa shape index (κ1) is 14.5. The smallest absolute Gasteiger partial charge is 0.251 e. The highest BCUT2D eigenvalue weighted by Crippen LogP contribution is 2.14. The molecule has 0 saturated heterocycles. The molecule has 0 spiro atoms. The van der Waals surface area contributed by atoms with Crippen LogP contribution in [-0.2, 0) is 6.54 Å². The van der Waals surface area contributed by atoms with Crippen molar-refractivity contribution in [3.63, 3.8) is 0 Å². The van der Waals surface area contributed by atoms with Gasteiger partial charge in [0.05, 0.1) is 11.6 Å². The fourth-order valence-corrected chi connectivity index (χ4v) is 1.98. The molecule has 0 saturated carbocycles. The molecule has 0 aliphatic rings. The predicted molar refractivity (Wildman–Crippen MR) is 80.9 cm³/mol. The molecule has 0 radical (unpaired) electrons. The maximum atomic E-state index is 12.1. The molecule has 106 valence electrons. The summed E-state index contributed by atoms with van der Waals surface area (Å²) in [5, 5.41) is 11.7. The van der Waals surface area contributed by atoms with E-state index in [-0.39, 0.29) is 5.91 Å². The molecule has 1 amide bonds. The number of aromatic nitrogens is 1. The van der Waals surface area contributed by atoms with Gasteiger partial charge in [0, 0.05) is 38.0 Å². The van der Waals surface area contributed by atoms with Crippen LogP contribution in [-0.4, -0.2) is 25.0 Å². The third-order valence-corrected chi connectivity index (χ3v) is 2.98. The summed E-state index contributed by atoms with van der Waals surface area (Å²) < 4.78 is 0. The summed E-state index contributed by atoms with van der Waals surface area (Å²) in [5.41, 5.74) is 1.88. The van der Waals surface area contributed by atoms with Crippen molar-refractivity contribution in [2.45, 2.75) is 6.54 Å². The number of nitrogens with one attached hydrogen (secondary N) is 1. The van der Waals surface area contributed by atoms with E-state index in [9.17, 15) is 4.79 Å². The number of nitriles is 1. The number of nitrogens with zero attached hydrogens (tertiary/aromatic N) is 3. The Balaban J connectivity index is 2.10. The molecule has 2 aromatic rings. The van der Waals surface area contributed by atoms with Crippen LogP contribution in [0, 0.1) is 11.3 Å². The quantitative estimate of drug-likeness (QED) is 0.929. The fraction of sp³-hybridized carbons (Fsp3) is 0.188. The van der Waals surface area contributed by atoms with E-state index in [4.69, 9.17) is 5.26 Å². The summed E-state index contributed by atoms with van der Waals surface area (Å²) in [5.74, 6) is 0.615. The summed E-state index contributed by atoms with van der Waals surface area (Å²) in [4.78, 5) is 18.3. The first-order chi connectivity index (χ1) is 10.1. The number of hydrogen-bond acceptors (Lipinski definition) is 4. The van der Waals surface area contributed by atoms with Crippen molar-refractivity contribution < 1.29 is 4.79 Å². The maximum Gasteiger partial charge on any atom is 0.251 e. The van der Waals surface area contributed by atoms with Gasteiger partial charge in [-0.2, -0.15) is 5.26 Å². The predicted octanol–water partition coefficient (Wildman–Crippen LogP) is 1.95. The number of anilines is 1. The topological polar surface area (TPSA) is 69.0 Å². The largest absolute Gasteiger partial charge is 0.362 e. The second-order valence-corrected chi connectivity index (χ2v) is 4.76. The van der Waals surface area contributed by atoms with Gasteiger partial charge in [-0.3, -0.25) is 4.79 Å². The normalized spacial score (nSPS) is 9.76. The number of benzene rings is 1. The average molecular weight is 280 g/mol. The second kappa shape index (κ2) is 6.53. The van der Waals surface area contributed by atoms with E-state index in [1.54, 1.807) is 30.5 Å². The van der Waals surface area contributed by atoms with E-state index in [1.807, 2.05) is 37.2 Å². The average Bonchev–Trinajstić information content (AvgIpc) is 2.52. The molecule has 1 aromatic carbocycles. The molecule has 5 heteroatoms. The van der Waals surface area contributed by atoms with Crippen LogP contribution in [0.15, 0.2) is 42.6 Å². The highest BCUT2D eigenvalue weighted by Gasteiger charge is 2.09. The third-order valence-electron chi connectivity index (χ3n) is 2.98. The first-order valence-corrected chi connectivity index (χ1v) is 6.51. The SMILES string of the molecule is CN(C)c1ncccc1CNC(=O)c1cccc(C#N)c1. The van der Waals surface area contributed by atoms with Crippen LogP contribution in [0.3, 0.4) is 0 Å². The van der Waals surface area contributed by atoms with Crippen molar-refractivity contribution in [2.75, 3.05) is 19.0 Å². The Morgan fingerprint density at radius 2 is 2.14 bits per heavy atom. The van der Waals surface area contributed by atoms with Crippen molar-refractivity contribution >= 4 is 11.7 Å². The lowest BCUT2D eigenvalue weighted by Gasteiger charge is -2.16. The summed E-state index contributed by atoms with van der Waals surface area (Å²) in [6.07, 6.45) is 1.72. The first-order valence-electron chi connectivity index (χ1n) is 6.51. The Bertz CT molecular complexity index is 689. The Morgan fingerprint density at radius 1 is 1.33 bits per heavy atom. The second-order valence-electron chi connectivity index (χ2n) is 4.76. The van der Waals surface area contributed by atoms with Crippen LogP contribution in [0.4, 0.5) is 5.82 Å². The molecular formula is C16H16N4O. The van der Waals surface area contributed by atoms with Crippen molar-refractivity contribution in [3.8, 4) is 6.07 Å².